The van der Waals surface area contributed by atoms with E-state index in [9.17, 15) is 0 Å². The second-order valence-electron chi connectivity index (χ2n) is 4.72. The molecule has 0 aliphatic heterocycles. The smallest absolute Gasteiger partial charge is 0.119 e. The molecule has 3 nitrogen and oxygen atoms in total. The number of nitrogens with two attached hydrogens (primary N) is 1. The van der Waals surface area contributed by atoms with Crippen LogP contribution in [-0.2, 0) is 13.0 Å². The number of benzene rings is 2. The summed E-state index contributed by atoms with van der Waals surface area (Å²) in [5.74, 6) is 0.842. The number of rotatable bonds is 5. The minimum atomic E-state index is 0.508. The second-order valence-corrected chi connectivity index (χ2v) is 4.72. The van der Waals surface area contributed by atoms with Crippen molar-refractivity contribution in [2.75, 3.05) is 6.54 Å². The van der Waals surface area contributed by atoms with Gasteiger partial charge < -0.3 is 10.5 Å². The molecule has 0 bridgehead atoms. The Hall–Kier alpha value is -2.31. The van der Waals surface area contributed by atoms with Crippen LogP contribution in [0.2, 0.25) is 0 Å². The van der Waals surface area contributed by atoms with E-state index in [1.807, 2.05) is 49.4 Å². The Labute approximate surface area is 119 Å². The molecule has 0 fully saturated rings. The fourth-order valence-electron chi connectivity index (χ4n) is 2.01. The first-order valence-corrected chi connectivity index (χ1v) is 6.64. The SMILES string of the molecule is Cc1cc(C#N)ccc1COc1ccc(CCN)cc1. The van der Waals surface area contributed by atoms with Crippen molar-refractivity contribution >= 4 is 0 Å². The predicted molar refractivity (Wildman–Crippen MR) is 79.4 cm³/mol. The molecular formula is C17H18N2O. The van der Waals surface area contributed by atoms with Gasteiger partial charge in [-0.3, -0.25) is 0 Å². The van der Waals surface area contributed by atoms with Gasteiger partial charge in [0.2, 0.25) is 0 Å². The maximum atomic E-state index is 8.84. The van der Waals surface area contributed by atoms with Crippen molar-refractivity contribution in [3.05, 3.63) is 64.7 Å². The van der Waals surface area contributed by atoms with Gasteiger partial charge in [-0.15, -0.1) is 0 Å². The lowest BCUT2D eigenvalue weighted by atomic mass is 10.1. The molecule has 20 heavy (non-hydrogen) atoms. The average Bonchev–Trinajstić information content (AvgIpc) is 2.48. The van der Waals surface area contributed by atoms with Crippen LogP contribution >= 0.6 is 0 Å². The normalized spacial score (nSPS) is 10.1. The van der Waals surface area contributed by atoms with Crippen molar-refractivity contribution in [3.8, 4) is 11.8 Å². The fraction of sp³-hybridized carbons (Fsp3) is 0.235. The predicted octanol–water partition coefficient (Wildman–Crippen LogP) is 2.95. The molecule has 0 aromatic heterocycles. The van der Waals surface area contributed by atoms with E-state index < -0.39 is 0 Å². The largest absolute Gasteiger partial charge is 0.489 e. The summed E-state index contributed by atoms with van der Waals surface area (Å²) >= 11 is 0. The van der Waals surface area contributed by atoms with Crippen molar-refractivity contribution in [2.45, 2.75) is 20.0 Å². The van der Waals surface area contributed by atoms with Crippen LogP contribution in [0.15, 0.2) is 42.5 Å². The van der Waals surface area contributed by atoms with Gasteiger partial charge in [0.15, 0.2) is 0 Å². The fourth-order valence-corrected chi connectivity index (χ4v) is 2.01. The number of aryl methyl sites for hydroxylation is 1. The summed E-state index contributed by atoms with van der Waals surface area (Å²) in [6.07, 6.45) is 0.884. The molecule has 2 aromatic rings. The Kier molecular flexibility index (Phi) is 4.75. The summed E-state index contributed by atoms with van der Waals surface area (Å²) < 4.78 is 5.77. The van der Waals surface area contributed by atoms with Gasteiger partial charge in [-0.2, -0.15) is 5.26 Å². The van der Waals surface area contributed by atoms with Crippen molar-refractivity contribution in [3.63, 3.8) is 0 Å². The third-order valence-corrected chi connectivity index (χ3v) is 3.22. The van der Waals surface area contributed by atoms with Crippen molar-refractivity contribution in [1.29, 1.82) is 5.26 Å². The molecule has 0 spiro atoms. The average molecular weight is 266 g/mol. The van der Waals surface area contributed by atoms with Crippen molar-refractivity contribution in [2.24, 2.45) is 5.73 Å². The maximum Gasteiger partial charge on any atom is 0.119 e. The van der Waals surface area contributed by atoms with Gasteiger partial charge in [-0.1, -0.05) is 18.2 Å². The van der Waals surface area contributed by atoms with Gasteiger partial charge in [0.25, 0.3) is 0 Å². The molecule has 0 atom stereocenters. The molecular weight excluding hydrogens is 248 g/mol. The summed E-state index contributed by atoms with van der Waals surface area (Å²) in [6, 6.07) is 15.8. The molecule has 0 aliphatic rings. The van der Waals surface area contributed by atoms with Crippen molar-refractivity contribution < 1.29 is 4.74 Å². The summed E-state index contributed by atoms with van der Waals surface area (Å²) in [6.45, 7) is 3.16. The Bertz CT molecular complexity index is 612. The topological polar surface area (TPSA) is 59.0 Å². The zero-order valence-corrected chi connectivity index (χ0v) is 11.6. The summed E-state index contributed by atoms with van der Waals surface area (Å²) in [4.78, 5) is 0. The zero-order chi connectivity index (χ0) is 14.4. The van der Waals surface area contributed by atoms with E-state index in [1.54, 1.807) is 0 Å². The summed E-state index contributed by atoms with van der Waals surface area (Å²) in [5.41, 5.74) is 9.58. The van der Waals surface area contributed by atoms with E-state index in [-0.39, 0.29) is 0 Å². The maximum absolute atomic E-state index is 8.84. The van der Waals surface area contributed by atoms with Gasteiger partial charge in [-0.05, 0) is 60.8 Å². The van der Waals surface area contributed by atoms with Crippen LogP contribution in [0.4, 0.5) is 0 Å². The van der Waals surface area contributed by atoms with E-state index in [2.05, 4.69) is 6.07 Å². The quantitative estimate of drug-likeness (QED) is 0.905. The van der Waals surface area contributed by atoms with Gasteiger partial charge in [0.05, 0.1) is 11.6 Å². The highest BCUT2D eigenvalue weighted by Gasteiger charge is 2.02. The zero-order valence-electron chi connectivity index (χ0n) is 11.6. The van der Waals surface area contributed by atoms with Crippen LogP contribution in [0.25, 0.3) is 0 Å². The third kappa shape index (κ3) is 3.59. The Morgan fingerprint density at radius 3 is 2.50 bits per heavy atom. The number of nitrogens with zero attached hydrogens (tertiary/aromatic N) is 1. The Balaban J connectivity index is 2.00. The molecule has 0 amide bonds. The van der Waals surface area contributed by atoms with Gasteiger partial charge >= 0.3 is 0 Å². The van der Waals surface area contributed by atoms with Gasteiger partial charge in [0.1, 0.15) is 12.4 Å². The number of nitriles is 1. The minimum absolute atomic E-state index is 0.508. The second kappa shape index (κ2) is 6.74. The molecule has 0 unspecified atom stereocenters. The molecule has 2 N–H and O–H groups in total. The van der Waals surface area contributed by atoms with E-state index in [4.69, 9.17) is 15.7 Å². The van der Waals surface area contributed by atoms with Crippen LogP contribution in [0, 0.1) is 18.3 Å². The minimum Gasteiger partial charge on any atom is -0.489 e. The molecule has 0 radical (unpaired) electrons. The van der Waals surface area contributed by atoms with Crippen LogP contribution in [-0.4, -0.2) is 6.54 Å². The van der Waals surface area contributed by atoms with Crippen molar-refractivity contribution in [1.82, 2.24) is 0 Å². The molecule has 0 heterocycles. The molecule has 2 aromatic carbocycles. The van der Waals surface area contributed by atoms with Crippen LogP contribution in [0.3, 0.4) is 0 Å². The summed E-state index contributed by atoms with van der Waals surface area (Å²) in [7, 11) is 0. The first-order valence-electron chi connectivity index (χ1n) is 6.64. The van der Waals surface area contributed by atoms with E-state index in [0.717, 1.165) is 23.3 Å². The monoisotopic (exact) mass is 266 g/mol. The number of hydrogen-bond donors (Lipinski definition) is 1. The highest BCUT2D eigenvalue weighted by molar-refractivity contribution is 5.37. The Morgan fingerprint density at radius 2 is 1.90 bits per heavy atom. The molecule has 102 valence electrons. The highest BCUT2D eigenvalue weighted by Crippen LogP contribution is 2.17. The van der Waals surface area contributed by atoms with Crippen LogP contribution < -0.4 is 10.5 Å². The molecule has 0 saturated carbocycles. The number of hydrogen-bond acceptors (Lipinski definition) is 3. The van der Waals surface area contributed by atoms with Gasteiger partial charge in [0, 0.05) is 0 Å². The first kappa shape index (κ1) is 14.1. The molecule has 2 rings (SSSR count). The molecule has 0 saturated heterocycles. The van der Waals surface area contributed by atoms with E-state index in [1.165, 1.54) is 5.56 Å². The standard InChI is InChI=1S/C17H18N2O/c1-13-10-15(11-19)2-5-16(13)12-20-17-6-3-14(4-7-17)8-9-18/h2-7,10H,8-9,12,18H2,1H3. The first-order chi connectivity index (χ1) is 9.72. The van der Waals surface area contributed by atoms with E-state index in [0.29, 0.717) is 18.7 Å². The Morgan fingerprint density at radius 1 is 1.15 bits per heavy atom. The third-order valence-electron chi connectivity index (χ3n) is 3.22. The lowest BCUT2D eigenvalue weighted by molar-refractivity contribution is 0.305. The van der Waals surface area contributed by atoms with Gasteiger partial charge in [-0.25, -0.2) is 0 Å². The highest BCUT2D eigenvalue weighted by atomic mass is 16.5. The molecule has 0 aliphatic carbocycles. The number of ether oxygens (including phenoxy) is 1. The lowest BCUT2D eigenvalue weighted by Gasteiger charge is -2.09. The lowest BCUT2D eigenvalue weighted by Crippen LogP contribution is -2.02. The van der Waals surface area contributed by atoms with Crippen LogP contribution in [0.1, 0.15) is 22.3 Å². The van der Waals surface area contributed by atoms with Crippen LogP contribution in [0.5, 0.6) is 5.75 Å². The summed E-state index contributed by atoms with van der Waals surface area (Å²) in [5, 5.41) is 8.84. The molecule has 3 heteroatoms. The van der Waals surface area contributed by atoms with E-state index >= 15 is 0 Å².